The molecule has 5 heteroatoms. The number of halogens is 2. The fourth-order valence-corrected chi connectivity index (χ4v) is 3.99. The number of hydrogen-bond donors (Lipinski definition) is 2. The Morgan fingerprint density at radius 3 is 2.11 bits per heavy atom. The number of H-pyrrole nitrogens is 1. The lowest BCUT2D eigenvalue weighted by molar-refractivity contribution is 0.324. The van der Waals surface area contributed by atoms with E-state index in [9.17, 15) is 8.78 Å². The maximum atomic E-state index is 13.3. The summed E-state index contributed by atoms with van der Waals surface area (Å²) in [5.74, 6) is 0.894. The molecule has 27 heavy (non-hydrogen) atoms. The minimum absolute atomic E-state index is 0.0898. The van der Waals surface area contributed by atoms with E-state index in [1.54, 1.807) is 36.7 Å². The Hall–Kier alpha value is -2.53. The van der Waals surface area contributed by atoms with Crippen LogP contribution in [0.4, 0.5) is 8.78 Å². The first-order valence-corrected chi connectivity index (χ1v) is 9.45. The first-order valence-electron chi connectivity index (χ1n) is 9.45. The zero-order valence-electron chi connectivity index (χ0n) is 15.0. The molecule has 1 aromatic heterocycles. The Bertz CT molecular complexity index is 836. The van der Waals surface area contributed by atoms with Crippen molar-refractivity contribution < 1.29 is 8.78 Å². The van der Waals surface area contributed by atoms with Gasteiger partial charge in [-0.25, -0.2) is 13.8 Å². The third kappa shape index (κ3) is 4.25. The van der Waals surface area contributed by atoms with Gasteiger partial charge in [0, 0.05) is 18.4 Å². The molecule has 0 aliphatic heterocycles. The molecule has 2 N–H and O–H groups in total. The highest BCUT2D eigenvalue weighted by Gasteiger charge is 2.26. The second-order valence-electron chi connectivity index (χ2n) is 7.23. The molecule has 1 aliphatic carbocycles. The predicted molar refractivity (Wildman–Crippen MR) is 101 cm³/mol. The maximum Gasteiger partial charge on any atom is 0.127 e. The second-order valence-corrected chi connectivity index (χ2v) is 7.23. The van der Waals surface area contributed by atoms with Gasteiger partial charge in [0.2, 0.25) is 0 Å². The molecule has 1 aliphatic rings. The summed E-state index contributed by atoms with van der Waals surface area (Å²) >= 11 is 0. The van der Waals surface area contributed by atoms with Crippen molar-refractivity contribution in [3.05, 3.63) is 89.5 Å². The zero-order chi connectivity index (χ0) is 18.6. The van der Waals surface area contributed by atoms with E-state index in [0.29, 0.717) is 12.0 Å². The van der Waals surface area contributed by atoms with E-state index in [1.807, 2.05) is 12.1 Å². The third-order valence-electron chi connectivity index (χ3n) is 5.47. The van der Waals surface area contributed by atoms with E-state index < -0.39 is 0 Å². The third-order valence-corrected chi connectivity index (χ3v) is 5.47. The average molecular weight is 367 g/mol. The molecule has 140 valence electrons. The molecule has 3 aromatic rings. The topological polar surface area (TPSA) is 40.7 Å². The minimum atomic E-state index is -0.239. The van der Waals surface area contributed by atoms with E-state index in [1.165, 1.54) is 17.7 Å². The summed E-state index contributed by atoms with van der Waals surface area (Å²) in [6, 6.07) is 13.7. The van der Waals surface area contributed by atoms with E-state index in [0.717, 1.165) is 37.1 Å². The summed E-state index contributed by atoms with van der Waals surface area (Å²) < 4.78 is 26.5. The molecular weight excluding hydrogens is 344 g/mol. The summed E-state index contributed by atoms with van der Waals surface area (Å²) in [6.45, 7) is 0. The number of benzene rings is 2. The lowest BCUT2D eigenvalue weighted by atomic mass is 9.81. The number of nitrogens with zero attached hydrogens (tertiary/aromatic N) is 1. The standard InChI is InChI=1S/C22H23F2N3/c23-18-7-1-15(2-8-18)16-5-11-20(12-6-16)27-21(22-25-13-14-26-22)17-3-9-19(24)10-4-17/h1-4,7-10,13-14,16,20-21,27H,5-6,11-12H2,(H,25,26). The van der Waals surface area contributed by atoms with Crippen LogP contribution in [0.5, 0.6) is 0 Å². The van der Waals surface area contributed by atoms with Crippen LogP contribution in [0.25, 0.3) is 0 Å². The summed E-state index contributed by atoms with van der Waals surface area (Å²) in [4.78, 5) is 7.58. The SMILES string of the molecule is Fc1ccc(C2CCC(NC(c3ccc(F)cc3)c3ncc[nH]3)CC2)cc1. The van der Waals surface area contributed by atoms with Gasteiger partial charge in [-0.1, -0.05) is 24.3 Å². The first kappa shape index (κ1) is 17.9. The maximum absolute atomic E-state index is 13.3. The number of hydrogen-bond acceptors (Lipinski definition) is 2. The molecule has 0 saturated heterocycles. The van der Waals surface area contributed by atoms with Crippen LogP contribution in [0.2, 0.25) is 0 Å². The molecule has 3 nitrogen and oxygen atoms in total. The van der Waals surface area contributed by atoms with Crippen LogP contribution in [0.1, 0.15) is 54.6 Å². The van der Waals surface area contributed by atoms with Crippen molar-refractivity contribution in [3.8, 4) is 0 Å². The van der Waals surface area contributed by atoms with Crippen LogP contribution in [0.3, 0.4) is 0 Å². The normalized spacial score (nSPS) is 21.1. The van der Waals surface area contributed by atoms with E-state index in [2.05, 4.69) is 15.3 Å². The molecule has 4 rings (SSSR count). The number of nitrogens with one attached hydrogen (secondary N) is 2. The first-order chi connectivity index (χ1) is 13.2. The van der Waals surface area contributed by atoms with Gasteiger partial charge >= 0.3 is 0 Å². The molecule has 0 spiro atoms. The van der Waals surface area contributed by atoms with Crippen molar-refractivity contribution in [1.82, 2.24) is 15.3 Å². The molecule has 0 amide bonds. The van der Waals surface area contributed by atoms with Crippen molar-refractivity contribution in [1.29, 1.82) is 0 Å². The van der Waals surface area contributed by atoms with Gasteiger partial charge in [0.1, 0.15) is 17.5 Å². The van der Waals surface area contributed by atoms with Crippen LogP contribution < -0.4 is 5.32 Å². The van der Waals surface area contributed by atoms with Gasteiger partial charge in [-0.15, -0.1) is 0 Å². The van der Waals surface area contributed by atoms with Crippen LogP contribution in [-0.4, -0.2) is 16.0 Å². The van der Waals surface area contributed by atoms with Gasteiger partial charge in [0.25, 0.3) is 0 Å². The lowest BCUT2D eigenvalue weighted by Gasteiger charge is -2.32. The molecule has 1 atom stereocenters. The Labute approximate surface area is 157 Å². The summed E-state index contributed by atoms with van der Waals surface area (Å²) in [6.07, 6.45) is 7.76. The quantitative estimate of drug-likeness (QED) is 0.659. The fourth-order valence-electron chi connectivity index (χ4n) is 3.99. The van der Waals surface area contributed by atoms with E-state index in [-0.39, 0.29) is 17.7 Å². The largest absolute Gasteiger partial charge is 0.347 e. The van der Waals surface area contributed by atoms with Gasteiger partial charge in [0.15, 0.2) is 0 Å². The molecule has 2 aromatic carbocycles. The predicted octanol–water partition coefficient (Wildman–Crippen LogP) is 5.09. The van der Waals surface area contributed by atoms with Gasteiger partial charge in [-0.05, 0) is 67.0 Å². The number of imidazole rings is 1. The van der Waals surface area contributed by atoms with Gasteiger partial charge in [-0.2, -0.15) is 0 Å². The minimum Gasteiger partial charge on any atom is -0.347 e. The molecular formula is C22H23F2N3. The van der Waals surface area contributed by atoms with Crippen LogP contribution in [0, 0.1) is 11.6 Å². The highest BCUT2D eigenvalue weighted by atomic mass is 19.1. The van der Waals surface area contributed by atoms with E-state index >= 15 is 0 Å². The molecule has 1 heterocycles. The Balaban J connectivity index is 1.43. The lowest BCUT2D eigenvalue weighted by Crippen LogP contribution is -2.36. The summed E-state index contributed by atoms with van der Waals surface area (Å²) in [5.41, 5.74) is 2.21. The molecule has 0 bridgehead atoms. The monoisotopic (exact) mass is 367 g/mol. The zero-order valence-corrected chi connectivity index (χ0v) is 15.0. The van der Waals surface area contributed by atoms with Crippen molar-refractivity contribution in [2.75, 3.05) is 0 Å². The van der Waals surface area contributed by atoms with E-state index in [4.69, 9.17) is 0 Å². The van der Waals surface area contributed by atoms with Crippen LogP contribution >= 0.6 is 0 Å². The van der Waals surface area contributed by atoms with Gasteiger partial charge in [-0.3, -0.25) is 0 Å². The van der Waals surface area contributed by atoms with Gasteiger partial charge in [0.05, 0.1) is 6.04 Å². The Kier molecular flexibility index (Phi) is 5.30. The second kappa shape index (κ2) is 8.01. The molecule has 0 radical (unpaired) electrons. The fraction of sp³-hybridized carbons (Fsp3) is 0.318. The number of aromatic amines is 1. The number of rotatable bonds is 5. The molecule has 1 saturated carbocycles. The smallest absolute Gasteiger partial charge is 0.127 e. The summed E-state index contributed by atoms with van der Waals surface area (Å²) in [7, 11) is 0. The van der Waals surface area contributed by atoms with Crippen molar-refractivity contribution in [2.24, 2.45) is 0 Å². The van der Waals surface area contributed by atoms with Crippen molar-refractivity contribution in [3.63, 3.8) is 0 Å². The highest BCUT2D eigenvalue weighted by Crippen LogP contribution is 2.34. The van der Waals surface area contributed by atoms with Crippen molar-refractivity contribution in [2.45, 2.75) is 43.7 Å². The highest BCUT2D eigenvalue weighted by molar-refractivity contribution is 5.26. The Morgan fingerprint density at radius 2 is 1.52 bits per heavy atom. The van der Waals surface area contributed by atoms with Crippen LogP contribution in [-0.2, 0) is 0 Å². The molecule has 1 fully saturated rings. The average Bonchev–Trinajstić information content (AvgIpc) is 3.23. The van der Waals surface area contributed by atoms with Crippen molar-refractivity contribution >= 4 is 0 Å². The van der Waals surface area contributed by atoms with Crippen LogP contribution in [0.15, 0.2) is 60.9 Å². The van der Waals surface area contributed by atoms with Gasteiger partial charge < -0.3 is 10.3 Å². The Morgan fingerprint density at radius 1 is 0.889 bits per heavy atom. The number of aromatic nitrogens is 2. The molecule has 1 unspecified atom stereocenters. The summed E-state index contributed by atoms with van der Waals surface area (Å²) in [5, 5.41) is 3.70.